The minimum Gasteiger partial charge on any atom is -0.486 e. The first-order chi connectivity index (χ1) is 9.03. The zero-order valence-electron chi connectivity index (χ0n) is 11.6. The summed E-state index contributed by atoms with van der Waals surface area (Å²) in [5, 5.41) is 3.48. The quantitative estimate of drug-likeness (QED) is 0.906. The first-order valence-electron chi connectivity index (χ1n) is 6.38. The molecule has 0 aliphatic heterocycles. The van der Waals surface area contributed by atoms with Gasteiger partial charge in [-0.3, -0.25) is 4.98 Å². The SMILES string of the molecule is CC(C)(C)NCc1ccc(COc2cccnc2)s1. The standard InChI is InChI=1S/C15H20N2OS/c1-15(2,3)17-10-13-6-7-14(19-13)11-18-12-5-4-8-16-9-12/h4-9,17H,10-11H2,1-3H3. The van der Waals surface area contributed by atoms with Crippen LogP contribution >= 0.6 is 11.3 Å². The Bertz CT molecular complexity index is 502. The number of ether oxygens (including phenoxy) is 1. The third-order valence-corrected chi connectivity index (χ3v) is 3.58. The van der Waals surface area contributed by atoms with Crippen molar-refractivity contribution >= 4 is 11.3 Å². The van der Waals surface area contributed by atoms with E-state index in [1.54, 1.807) is 23.7 Å². The lowest BCUT2D eigenvalue weighted by Crippen LogP contribution is -2.34. The average molecular weight is 276 g/mol. The zero-order chi connectivity index (χ0) is 13.7. The van der Waals surface area contributed by atoms with Crippen LogP contribution in [0.5, 0.6) is 5.75 Å². The largest absolute Gasteiger partial charge is 0.486 e. The van der Waals surface area contributed by atoms with E-state index < -0.39 is 0 Å². The number of aromatic nitrogens is 1. The monoisotopic (exact) mass is 276 g/mol. The van der Waals surface area contributed by atoms with Gasteiger partial charge in [-0.1, -0.05) is 0 Å². The summed E-state index contributed by atoms with van der Waals surface area (Å²) < 4.78 is 5.68. The second-order valence-electron chi connectivity index (χ2n) is 5.45. The summed E-state index contributed by atoms with van der Waals surface area (Å²) in [5.41, 5.74) is 0.149. The Hall–Kier alpha value is -1.39. The van der Waals surface area contributed by atoms with Gasteiger partial charge in [-0.2, -0.15) is 0 Å². The molecule has 0 saturated carbocycles. The van der Waals surface area contributed by atoms with Gasteiger partial charge in [-0.25, -0.2) is 0 Å². The van der Waals surface area contributed by atoms with Crippen molar-refractivity contribution in [1.82, 2.24) is 10.3 Å². The summed E-state index contributed by atoms with van der Waals surface area (Å²) in [6, 6.07) is 8.08. The Labute approximate surface area is 118 Å². The molecule has 0 bridgehead atoms. The highest BCUT2D eigenvalue weighted by molar-refractivity contribution is 7.11. The minimum absolute atomic E-state index is 0.149. The summed E-state index contributed by atoms with van der Waals surface area (Å²) >= 11 is 1.78. The minimum atomic E-state index is 0.149. The predicted octanol–water partition coefficient (Wildman–Crippen LogP) is 3.61. The summed E-state index contributed by atoms with van der Waals surface area (Å²) in [5.74, 6) is 0.810. The maximum absolute atomic E-state index is 5.68. The van der Waals surface area contributed by atoms with Crippen LogP contribution in [0.25, 0.3) is 0 Å². The number of hydrogen-bond donors (Lipinski definition) is 1. The van der Waals surface area contributed by atoms with Crippen molar-refractivity contribution < 1.29 is 4.74 Å². The van der Waals surface area contributed by atoms with E-state index in [9.17, 15) is 0 Å². The molecule has 102 valence electrons. The van der Waals surface area contributed by atoms with E-state index >= 15 is 0 Å². The summed E-state index contributed by atoms with van der Waals surface area (Å²) in [4.78, 5) is 6.59. The van der Waals surface area contributed by atoms with Crippen LogP contribution in [0.3, 0.4) is 0 Å². The van der Waals surface area contributed by atoms with Crippen molar-refractivity contribution in [2.75, 3.05) is 0 Å². The normalized spacial score (nSPS) is 11.5. The van der Waals surface area contributed by atoms with Crippen LogP contribution in [-0.4, -0.2) is 10.5 Å². The highest BCUT2D eigenvalue weighted by atomic mass is 32.1. The number of thiophene rings is 1. The van der Waals surface area contributed by atoms with Gasteiger partial charge in [0.2, 0.25) is 0 Å². The Kier molecular flexibility index (Phi) is 4.56. The third-order valence-electron chi connectivity index (χ3n) is 2.53. The number of rotatable bonds is 5. The molecular formula is C15H20N2OS. The molecule has 0 aliphatic carbocycles. The van der Waals surface area contributed by atoms with Gasteiger partial charge >= 0.3 is 0 Å². The molecule has 2 aromatic rings. The van der Waals surface area contributed by atoms with Crippen molar-refractivity contribution in [2.45, 2.75) is 39.5 Å². The van der Waals surface area contributed by atoms with Crippen LogP contribution in [0.2, 0.25) is 0 Å². The van der Waals surface area contributed by atoms with Gasteiger partial charge in [0.05, 0.1) is 6.20 Å². The van der Waals surface area contributed by atoms with Gasteiger partial charge in [-0.15, -0.1) is 11.3 Å². The summed E-state index contributed by atoms with van der Waals surface area (Å²) in [6.45, 7) is 8.03. The van der Waals surface area contributed by atoms with Gasteiger partial charge in [0.25, 0.3) is 0 Å². The molecule has 0 spiro atoms. The molecule has 0 fully saturated rings. The molecule has 2 aromatic heterocycles. The fraction of sp³-hybridized carbons (Fsp3) is 0.400. The fourth-order valence-electron chi connectivity index (χ4n) is 1.53. The second-order valence-corrected chi connectivity index (χ2v) is 6.70. The predicted molar refractivity (Wildman–Crippen MR) is 79.5 cm³/mol. The average Bonchev–Trinajstić information content (AvgIpc) is 2.82. The fourth-order valence-corrected chi connectivity index (χ4v) is 2.41. The van der Waals surface area contributed by atoms with Gasteiger partial charge in [0.1, 0.15) is 12.4 Å². The Morgan fingerprint density at radius 2 is 2.00 bits per heavy atom. The summed E-state index contributed by atoms with van der Waals surface area (Å²) in [6.07, 6.45) is 3.48. The van der Waals surface area contributed by atoms with Crippen molar-refractivity contribution in [2.24, 2.45) is 0 Å². The van der Waals surface area contributed by atoms with E-state index in [-0.39, 0.29) is 5.54 Å². The first-order valence-corrected chi connectivity index (χ1v) is 7.20. The molecule has 0 saturated heterocycles. The Morgan fingerprint density at radius 3 is 2.68 bits per heavy atom. The molecule has 1 N–H and O–H groups in total. The van der Waals surface area contributed by atoms with Crippen LogP contribution in [-0.2, 0) is 13.2 Å². The van der Waals surface area contributed by atoms with Crippen LogP contribution in [0.1, 0.15) is 30.5 Å². The number of hydrogen-bond acceptors (Lipinski definition) is 4. The zero-order valence-corrected chi connectivity index (χ0v) is 12.5. The molecule has 4 heteroatoms. The number of nitrogens with one attached hydrogen (secondary N) is 1. The smallest absolute Gasteiger partial charge is 0.138 e. The molecule has 2 rings (SSSR count). The van der Waals surface area contributed by atoms with Crippen molar-refractivity contribution in [3.05, 3.63) is 46.4 Å². The molecule has 0 atom stereocenters. The molecule has 0 unspecified atom stereocenters. The summed E-state index contributed by atoms with van der Waals surface area (Å²) in [7, 11) is 0. The highest BCUT2D eigenvalue weighted by Gasteiger charge is 2.09. The molecule has 19 heavy (non-hydrogen) atoms. The highest BCUT2D eigenvalue weighted by Crippen LogP contribution is 2.19. The van der Waals surface area contributed by atoms with Crippen LogP contribution in [0, 0.1) is 0 Å². The van der Waals surface area contributed by atoms with E-state index in [1.165, 1.54) is 9.75 Å². The van der Waals surface area contributed by atoms with E-state index in [0.717, 1.165) is 12.3 Å². The number of pyridine rings is 1. The van der Waals surface area contributed by atoms with E-state index in [2.05, 4.69) is 43.2 Å². The molecule has 2 heterocycles. The van der Waals surface area contributed by atoms with E-state index in [4.69, 9.17) is 4.74 Å². The Morgan fingerprint density at radius 1 is 1.21 bits per heavy atom. The van der Waals surface area contributed by atoms with E-state index in [0.29, 0.717) is 6.61 Å². The number of nitrogens with zero attached hydrogens (tertiary/aromatic N) is 1. The van der Waals surface area contributed by atoms with E-state index in [1.807, 2.05) is 12.1 Å². The van der Waals surface area contributed by atoms with Crippen molar-refractivity contribution in [3.63, 3.8) is 0 Å². The molecule has 0 radical (unpaired) electrons. The Balaban J connectivity index is 1.84. The maximum atomic E-state index is 5.68. The topological polar surface area (TPSA) is 34.1 Å². The van der Waals surface area contributed by atoms with Gasteiger partial charge in [0, 0.05) is 28.0 Å². The maximum Gasteiger partial charge on any atom is 0.138 e. The molecule has 3 nitrogen and oxygen atoms in total. The van der Waals surface area contributed by atoms with Gasteiger partial charge in [0.15, 0.2) is 0 Å². The molecule has 0 aromatic carbocycles. The lowest BCUT2D eigenvalue weighted by molar-refractivity contribution is 0.308. The molecular weight excluding hydrogens is 256 g/mol. The second kappa shape index (κ2) is 6.17. The van der Waals surface area contributed by atoms with Crippen molar-refractivity contribution in [3.8, 4) is 5.75 Å². The lowest BCUT2D eigenvalue weighted by Gasteiger charge is -2.19. The molecule has 0 aliphatic rings. The third kappa shape index (κ3) is 5.01. The van der Waals surface area contributed by atoms with Gasteiger partial charge < -0.3 is 10.1 Å². The first kappa shape index (κ1) is 14.0. The van der Waals surface area contributed by atoms with Crippen LogP contribution in [0.4, 0.5) is 0 Å². The van der Waals surface area contributed by atoms with Crippen LogP contribution < -0.4 is 10.1 Å². The van der Waals surface area contributed by atoms with Crippen LogP contribution in [0.15, 0.2) is 36.7 Å². The lowest BCUT2D eigenvalue weighted by atomic mass is 10.1. The van der Waals surface area contributed by atoms with Crippen molar-refractivity contribution in [1.29, 1.82) is 0 Å². The van der Waals surface area contributed by atoms with Gasteiger partial charge in [-0.05, 0) is 45.0 Å². The molecule has 0 amide bonds.